The fourth-order valence-corrected chi connectivity index (χ4v) is 3.85. The normalized spacial score (nSPS) is 12.5. The predicted molar refractivity (Wildman–Crippen MR) is 118 cm³/mol. The highest BCUT2D eigenvalue weighted by Crippen LogP contribution is 2.42. The molecule has 0 bridgehead atoms. The molecule has 0 amide bonds. The highest BCUT2D eigenvalue weighted by Gasteiger charge is 2.22. The van der Waals surface area contributed by atoms with Crippen LogP contribution in [-0.2, 0) is 19.3 Å². The molecular formula is C26H25NO. The molecule has 0 spiro atoms. The zero-order valence-corrected chi connectivity index (χ0v) is 16.1. The SMILES string of the molecule is C=CCCc1ccc(N2c3ccccc3CCc3cc(OC=C)ccc32)cc1. The van der Waals surface area contributed by atoms with Gasteiger partial charge >= 0.3 is 0 Å². The summed E-state index contributed by atoms with van der Waals surface area (Å²) in [4.78, 5) is 2.37. The fraction of sp³-hybridized carbons (Fsp3) is 0.154. The van der Waals surface area contributed by atoms with E-state index >= 15 is 0 Å². The Balaban J connectivity index is 1.80. The minimum atomic E-state index is 0.833. The number of fused-ring (bicyclic) bond motifs is 2. The summed E-state index contributed by atoms with van der Waals surface area (Å²) in [5.41, 5.74) is 7.61. The molecule has 0 saturated heterocycles. The lowest BCUT2D eigenvalue weighted by molar-refractivity contribution is 0.483. The van der Waals surface area contributed by atoms with Crippen LogP contribution in [0, 0.1) is 0 Å². The van der Waals surface area contributed by atoms with Crippen molar-refractivity contribution in [2.75, 3.05) is 4.90 Å². The molecule has 0 N–H and O–H groups in total. The topological polar surface area (TPSA) is 12.5 Å². The average molecular weight is 367 g/mol. The number of benzene rings is 3. The molecule has 2 heteroatoms. The van der Waals surface area contributed by atoms with Crippen LogP contribution >= 0.6 is 0 Å². The summed E-state index contributed by atoms with van der Waals surface area (Å²) in [7, 11) is 0. The van der Waals surface area contributed by atoms with Gasteiger partial charge in [-0.15, -0.1) is 6.58 Å². The van der Waals surface area contributed by atoms with E-state index in [1.54, 1.807) is 0 Å². The van der Waals surface area contributed by atoms with Crippen molar-refractivity contribution in [2.24, 2.45) is 0 Å². The van der Waals surface area contributed by atoms with E-state index in [0.29, 0.717) is 0 Å². The van der Waals surface area contributed by atoms with Crippen molar-refractivity contribution in [3.8, 4) is 5.75 Å². The van der Waals surface area contributed by atoms with Gasteiger partial charge in [-0.2, -0.15) is 0 Å². The second-order valence-corrected chi connectivity index (χ2v) is 7.03. The summed E-state index contributed by atoms with van der Waals surface area (Å²) in [5.74, 6) is 0.833. The molecule has 0 atom stereocenters. The van der Waals surface area contributed by atoms with Gasteiger partial charge in [0.1, 0.15) is 5.75 Å². The largest absolute Gasteiger partial charge is 0.466 e. The standard InChI is InChI=1S/C26H25NO/c1-3-5-8-20-11-15-23(16-12-20)27-25-10-7-6-9-21(25)13-14-22-19-24(28-4-2)17-18-26(22)27/h3-4,6-7,9-12,15-19H,1-2,5,8,13-14H2. The second-order valence-electron chi connectivity index (χ2n) is 7.03. The molecule has 2 nitrogen and oxygen atoms in total. The van der Waals surface area contributed by atoms with Crippen LogP contribution in [0.25, 0.3) is 0 Å². The number of anilines is 3. The van der Waals surface area contributed by atoms with Gasteiger partial charge < -0.3 is 9.64 Å². The summed E-state index contributed by atoms with van der Waals surface area (Å²) in [6, 6.07) is 23.9. The van der Waals surface area contributed by atoms with E-state index in [9.17, 15) is 0 Å². The first kappa shape index (κ1) is 18.1. The Labute approximate surface area is 167 Å². The summed E-state index contributed by atoms with van der Waals surface area (Å²) < 4.78 is 5.52. The zero-order chi connectivity index (χ0) is 19.3. The quantitative estimate of drug-likeness (QED) is 0.347. The molecule has 3 aromatic rings. The van der Waals surface area contributed by atoms with Gasteiger partial charge in [-0.3, -0.25) is 0 Å². The molecule has 28 heavy (non-hydrogen) atoms. The van der Waals surface area contributed by atoms with Gasteiger partial charge in [0.15, 0.2) is 0 Å². The van der Waals surface area contributed by atoms with E-state index in [4.69, 9.17) is 4.74 Å². The predicted octanol–water partition coefficient (Wildman–Crippen LogP) is 6.90. The Hall–Kier alpha value is -3.26. The fourth-order valence-electron chi connectivity index (χ4n) is 3.85. The minimum Gasteiger partial charge on any atom is -0.466 e. The summed E-state index contributed by atoms with van der Waals surface area (Å²) in [6.45, 7) is 7.49. The summed E-state index contributed by atoms with van der Waals surface area (Å²) >= 11 is 0. The number of nitrogens with zero attached hydrogens (tertiary/aromatic N) is 1. The number of aryl methyl sites for hydroxylation is 3. The van der Waals surface area contributed by atoms with Crippen molar-refractivity contribution in [1.82, 2.24) is 0 Å². The maximum atomic E-state index is 5.52. The van der Waals surface area contributed by atoms with Crippen molar-refractivity contribution >= 4 is 17.1 Å². The molecule has 0 fully saturated rings. The van der Waals surface area contributed by atoms with Crippen LogP contribution in [0.5, 0.6) is 5.75 Å². The lowest BCUT2D eigenvalue weighted by Crippen LogP contribution is -2.11. The van der Waals surface area contributed by atoms with E-state index < -0.39 is 0 Å². The van der Waals surface area contributed by atoms with Crippen LogP contribution in [0.15, 0.2) is 92.2 Å². The summed E-state index contributed by atoms with van der Waals surface area (Å²) in [5, 5.41) is 0. The highest BCUT2D eigenvalue weighted by molar-refractivity contribution is 5.81. The molecular weight excluding hydrogens is 342 g/mol. The summed E-state index contributed by atoms with van der Waals surface area (Å²) in [6.07, 6.45) is 7.47. The van der Waals surface area contributed by atoms with Gasteiger partial charge in [0.2, 0.25) is 0 Å². The van der Waals surface area contributed by atoms with E-state index in [0.717, 1.165) is 31.4 Å². The van der Waals surface area contributed by atoms with Crippen LogP contribution in [0.1, 0.15) is 23.1 Å². The van der Waals surface area contributed by atoms with Crippen molar-refractivity contribution in [3.05, 3.63) is 109 Å². The Bertz CT molecular complexity index is 988. The van der Waals surface area contributed by atoms with Gasteiger partial charge in [-0.1, -0.05) is 43.0 Å². The first-order chi connectivity index (χ1) is 13.8. The van der Waals surface area contributed by atoms with Crippen molar-refractivity contribution in [2.45, 2.75) is 25.7 Å². The maximum Gasteiger partial charge on any atom is 0.126 e. The van der Waals surface area contributed by atoms with Crippen LogP contribution in [0.3, 0.4) is 0 Å². The molecule has 1 aliphatic rings. The number of hydrogen-bond donors (Lipinski definition) is 0. The molecule has 0 aromatic heterocycles. The number of allylic oxidation sites excluding steroid dienone is 1. The first-order valence-corrected chi connectivity index (χ1v) is 9.78. The van der Waals surface area contributed by atoms with E-state index in [1.165, 1.54) is 40.0 Å². The number of ether oxygens (including phenoxy) is 1. The average Bonchev–Trinajstić information content (AvgIpc) is 2.90. The third-order valence-corrected chi connectivity index (χ3v) is 5.24. The van der Waals surface area contributed by atoms with Crippen LogP contribution in [-0.4, -0.2) is 0 Å². The van der Waals surface area contributed by atoms with Gasteiger partial charge in [-0.25, -0.2) is 0 Å². The van der Waals surface area contributed by atoms with Crippen molar-refractivity contribution in [3.63, 3.8) is 0 Å². The zero-order valence-electron chi connectivity index (χ0n) is 16.1. The van der Waals surface area contributed by atoms with Crippen molar-refractivity contribution in [1.29, 1.82) is 0 Å². The van der Waals surface area contributed by atoms with Crippen LogP contribution in [0.4, 0.5) is 17.1 Å². The molecule has 4 rings (SSSR count). The molecule has 1 heterocycles. The Morgan fingerprint density at radius 2 is 1.61 bits per heavy atom. The molecule has 0 saturated carbocycles. The van der Waals surface area contributed by atoms with Crippen molar-refractivity contribution < 1.29 is 4.74 Å². The maximum absolute atomic E-state index is 5.52. The third kappa shape index (κ3) is 3.59. The molecule has 3 aromatic carbocycles. The third-order valence-electron chi connectivity index (χ3n) is 5.24. The molecule has 0 aliphatic carbocycles. The monoisotopic (exact) mass is 367 g/mol. The number of rotatable bonds is 6. The lowest BCUT2D eigenvalue weighted by Gasteiger charge is -2.27. The van der Waals surface area contributed by atoms with Crippen LogP contribution < -0.4 is 9.64 Å². The van der Waals surface area contributed by atoms with Gasteiger partial charge in [0, 0.05) is 17.1 Å². The smallest absolute Gasteiger partial charge is 0.126 e. The van der Waals surface area contributed by atoms with E-state index in [-0.39, 0.29) is 0 Å². The molecule has 140 valence electrons. The molecule has 0 unspecified atom stereocenters. The first-order valence-electron chi connectivity index (χ1n) is 9.78. The van der Waals surface area contributed by atoms with Gasteiger partial charge in [0.05, 0.1) is 6.26 Å². The number of hydrogen-bond acceptors (Lipinski definition) is 2. The van der Waals surface area contributed by atoms with Gasteiger partial charge in [0.25, 0.3) is 0 Å². The Morgan fingerprint density at radius 1 is 0.857 bits per heavy atom. The second kappa shape index (κ2) is 8.18. The molecule has 0 radical (unpaired) electrons. The van der Waals surface area contributed by atoms with Crippen LogP contribution in [0.2, 0.25) is 0 Å². The van der Waals surface area contributed by atoms with Gasteiger partial charge in [-0.05, 0) is 78.8 Å². The highest BCUT2D eigenvalue weighted by atomic mass is 16.5. The Morgan fingerprint density at radius 3 is 2.39 bits per heavy atom. The molecule has 1 aliphatic heterocycles. The number of para-hydroxylation sites is 1. The van der Waals surface area contributed by atoms with E-state index in [1.807, 2.05) is 12.1 Å². The van der Waals surface area contributed by atoms with E-state index in [2.05, 4.69) is 78.7 Å². The Kier molecular flexibility index (Phi) is 5.29. The minimum absolute atomic E-state index is 0.833. The lowest BCUT2D eigenvalue weighted by atomic mass is 10.0.